The maximum absolute atomic E-state index is 13.2. The van der Waals surface area contributed by atoms with E-state index < -0.39 is 9.84 Å². The summed E-state index contributed by atoms with van der Waals surface area (Å²) in [5, 5.41) is 0. The normalized spacial score (nSPS) is 22.5. The van der Waals surface area contributed by atoms with Gasteiger partial charge in [0.05, 0.1) is 31.3 Å². The second kappa shape index (κ2) is 8.07. The number of fused-ring (bicyclic) bond motifs is 2. The molecule has 0 unspecified atom stereocenters. The van der Waals surface area contributed by atoms with Crippen molar-refractivity contribution >= 4 is 21.7 Å². The Morgan fingerprint density at radius 1 is 1.18 bits per heavy atom. The molecule has 33 heavy (non-hydrogen) atoms. The van der Waals surface area contributed by atoms with Gasteiger partial charge in [0.15, 0.2) is 27.1 Å². The Labute approximate surface area is 192 Å². The molecule has 0 amide bonds. The van der Waals surface area contributed by atoms with Crippen LogP contribution < -0.4 is 18.9 Å². The quantitative estimate of drug-likeness (QED) is 0.629. The van der Waals surface area contributed by atoms with Crippen LogP contribution in [0.3, 0.4) is 0 Å². The van der Waals surface area contributed by atoms with Gasteiger partial charge in [-0.15, -0.1) is 0 Å². The minimum Gasteiger partial charge on any atom is -0.493 e. The Morgan fingerprint density at radius 3 is 2.70 bits per heavy atom. The van der Waals surface area contributed by atoms with Crippen LogP contribution in [0.2, 0.25) is 0 Å². The molecule has 0 aliphatic carbocycles. The first-order chi connectivity index (χ1) is 15.8. The van der Waals surface area contributed by atoms with Gasteiger partial charge in [0.1, 0.15) is 18.2 Å². The number of sulfone groups is 1. The molecule has 0 radical (unpaired) electrons. The number of nitrogens with zero attached hydrogens (tertiary/aromatic N) is 1. The van der Waals surface area contributed by atoms with Crippen LogP contribution in [0.4, 0.5) is 0 Å². The number of hydrogen-bond acceptors (Lipinski definition) is 8. The lowest BCUT2D eigenvalue weighted by Gasteiger charge is -2.33. The maximum atomic E-state index is 13.2. The summed E-state index contributed by atoms with van der Waals surface area (Å²) < 4.78 is 46.6. The number of methoxy groups -OCH3 is 2. The van der Waals surface area contributed by atoms with E-state index in [9.17, 15) is 13.2 Å². The zero-order chi connectivity index (χ0) is 23.3. The number of hydrogen-bond donors (Lipinski definition) is 0. The van der Waals surface area contributed by atoms with Crippen LogP contribution >= 0.6 is 0 Å². The van der Waals surface area contributed by atoms with E-state index in [4.69, 9.17) is 18.9 Å². The highest BCUT2D eigenvalue weighted by Crippen LogP contribution is 2.44. The number of rotatable bonds is 4. The fraction of sp³-hybridized carbons (Fsp3) is 0.375. The summed E-state index contributed by atoms with van der Waals surface area (Å²) in [6, 6.07) is 7.15. The van der Waals surface area contributed by atoms with Crippen molar-refractivity contribution < 1.29 is 32.2 Å². The Balaban J connectivity index is 1.46. The zero-order valence-electron chi connectivity index (χ0n) is 18.7. The van der Waals surface area contributed by atoms with Crippen LogP contribution in [-0.2, 0) is 16.4 Å². The molecule has 0 saturated carbocycles. The summed E-state index contributed by atoms with van der Waals surface area (Å²) in [7, 11) is 0.105. The van der Waals surface area contributed by atoms with Gasteiger partial charge in [0, 0.05) is 29.3 Å². The number of Topliss-reactive ketones (excluding diaryl/α,β-unsaturated/α-hetero) is 1. The highest BCUT2D eigenvalue weighted by molar-refractivity contribution is 7.91. The van der Waals surface area contributed by atoms with E-state index in [-0.39, 0.29) is 29.1 Å². The van der Waals surface area contributed by atoms with Gasteiger partial charge in [-0.2, -0.15) is 0 Å². The van der Waals surface area contributed by atoms with Crippen molar-refractivity contribution in [2.75, 3.05) is 32.5 Å². The van der Waals surface area contributed by atoms with Gasteiger partial charge in [0.25, 0.3) is 0 Å². The average molecular weight is 472 g/mol. The molecule has 3 aliphatic heterocycles. The lowest BCUT2D eigenvalue weighted by Crippen LogP contribution is -2.41. The third-order valence-corrected chi connectivity index (χ3v) is 8.16. The number of para-hydroxylation sites is 1. The summed E-state index contributed by atoms with van der Waals surface area (Å²) in [5.41, 5.74) is 2.76. The van der Waals surface area contributed by atoms with Crippen LogP contribution in [0, 0.1) is 6.92 Å². The minimum atomic E-state index is -2.99. The second-order valence-electron chi connectivity index (χ2n) is 8.47. The molecule has 3 aliphatic rings. The zero-order valence-corrected chi connectivity index (χ0v) is 19.5. The number of ketones is 1. The third-order valence-electron chi connectivity index (χ3n) is 6.41. The Bertz CT molecular complexity index is 1280. The first kappa shape index (κ1) is 21.8. The van der Waals surface area contributed by atoms with Crippen molar-refractivity contribution in [1.82, 2.24) is 4.90 Å². The standard InChI is InChI=1S/C24H25NO7S/c1-14-22-16(11-25(13-31-22)17-7-8-33(27,28)12-17)9-18-21(26)20(32-23(14)18)10-15-5-4-6-19(29-2)24(15)30-3/h4-6,9-10,17H,7-8,11-13H2,1-3H3/b20-10+/t17-/m0/s1. The Morgan fingerprint density at radius 2 is 2.00 bits per heavy atom. The summed E-state index contributed by atoms with van der Waals surface area (Å²) in [6.45, 7) is 2.71. The fourth-order valence-corrected chi connectivity index (χ4v) is 6.49. The molecule has 1 fully saturated rings. The van der Waals surface area contributed by atoms with Crippen molar-refractivity contribution in [3.63, 3.8) is 0 Å². The number of ether oxygens (including phenoxy) is 4. The summed E-state index contributed by atoms with van der Waals surface area (Å²) in [5.74, 6) is 2.58. The van der Waals surface area contributed by atoms with Gasteiger partial charge in [-0.05, 0) is 31.6 Å². The summed E-state index contributed by atoms with van der Waals surface area (Å²) in [4.78, 5) is 15.2. The average Bonchev–Trinajstić information content (AvgIpc) is 3.33. The molecule has 0 bridgehead atoms. The van der Waals surface area contributed by atoms with Gasteiger partial charge in [-0.1, -0.05) is 12.1 Å². The molecule has 0 aromatic heterocycles. The van der Waals surface area contributed by atoms with Crippen LogP contribution in [0.5, 0.6) is 23.0 Å². The smallest absolute Gasteiger partial charge is 0.231 e. The van der Waals surface area contributed by atoms with E-state index in [1.54, 1.807) is 32.4 Å². The van der Waals surface area contributed by atoms with E-state index in [0.29, 0.717) is 53.8 Å². The van der Waals surface area contributed by atoms with Crippen LogP contribution in [0.1, 0.15) is 33.5 Å². The fourth-order valence-electron chi connectivity index (χ4n) is 4.73. The van der Waals surface area contributed by atoms with Gasteiger partial charge in [-0.3, -0.25) is 9.69 Å². The molecule has 0 N–H and O–H groups in total. The predicted molar refractivity (Wildman–Crippen MR) is 122 cm³/mol. The molecular formula is C24H25NO7S. The van der Waals surface area contributed by atoms with Crippen LogP contribution in [0.15, 0.2) is 30.0 Å². The van der Waals surface area contributed by atoms with E-state index in [0.717, 1.165) is 11.1 Å². The van der Waals surface area contributed by atoms with Gasteiger partial charge in [0.2, 0.25) is 5.78 Å². The first-order valence-electron chi connectivity index (χ1n) is 10.7. The van der Waals surface area contributed by atoms with Crippen LogP contribution in [0.25, 0.3) is 6.08 Å². The van der Waals surface area contributed by atoms with Gasteiger partial charge >= 0.3 is 0 Å². The molecule has 2 aromatic carbocycles. The van der Waals surface area contributed by atoms with E-state index in [1.165, 1.54) is 0 Å². The van der Waals surface area contributed by atoms with E-state index in [2.05, 4.69) is 0 Å². The number of allylic oxidation sites excluding steroid dienone is 1. The molecule has 1 saturated heterocycles. The van der Waals surface area contributed by atoms with E-state index in [1.807, 2.05) is 24.0 Å². The topological polar surface area (TPSA) is 91.4 Å². The van der Waals surface area contributed by atoms with Gasteiger partial charge in [-0.25, -0.2) is 8.42 Å². The van der Waals surface area contributed by atoms with Crippen molar-refractivity contribution in [2.24, 2.45) is 0 Å². The maximum Gasteiger partial charge on any atom is 0.231 e. The number of carbonyl (C=O) groups is 1. The molecule has 0 spiro atoms. The molecule has 5 rings (SSSR count). The number of benzene rings is 2. The van der Waals surface area contributed by atoms with Crippen LogP contribution in [-0.4, -0.2) is 57.6 Å². The third kappa shape index (κ3) is 3.75. The first-order valence-corrected chi connectivity index (χ1v) is 12.5. The lowest BCUT2D eigenvalue weighted by atomic mass is 9.99. The SMILES string of the molecule is COc1cccc(/C=C2/Oc3c(cc4c(c3C)OCN([C@H]3CCS(=O)(=O)C3)C4)C2=O)c1OC. The molecule has 2 aromatic rings. The molecule has 174 valence electrons. The van der Waals surface area contributed by atoms with E-state index >= 15 is 0 Å². The highest BCUT2D eigenvalue weighted by atomic mass is 32.2. The van der Waals surface area contributed by atoms with Crippen molar-refractivity contribution in [2.45, 2.75) is 25.9 Å². The van der Waals surface area contributed by atoms with Crippen molar-refractivity contribution in [1.29, 1.82) is 0 Å². The second-order valence-corrected chi connectivity index (χ2v) is 10.7. The lowest BCUT2D eigenvalue weighted by molar-refractivity contribution is 0.0637. The van der Waals surface area contributed by atoms with Crippen molar-refractivity contribution in [3.8, 4) is 23.0 Å². The summed E-state index contributed by atoms with van der Waals surface area (Å²) in [6.07, 6.45) is 2.25. The van der Waals surface area contributed by atoms with Gasteiger partial charge < -0.3 is 18.9 Å². The number of carbonyl (C=O) groups excluding carboxylic acids is 1. The monoisotopic (exact) mass is 471 g/mol. The Hall–Kier alpha value is -3.04. The predicted octanol–water partition coefficient (Wildman–Crippen LogP) is 2.97. The minimum absolute atomic E-state index is 0.0698. The molecule has 8 nitrogen and oxygen atoms in total. The molecule has 9 heteroatoms. The molecular weight excluding hydrogens is 446 g/mol. The van der Waals surface area contributed by atoms with Crippen molar-refractivity contribution in [3.05, 3.63) is 52.3 Å². The Kier molecular flexibility index (Phi) is 5.33. The summed E-state index contributed by atoms with van der Waals surface area (Å²) >= 11 is 0. The molecule has 3 heterocycles. The largest absolute Gasteiger partial charge is 0.493 e. The highest BCUT2D eigenvalue weighted by Gasteiger charge is 2.37. The molecule has 1 atom stereocenters.